The van der Waals surface area contributed by atoms with Crippen LogP contribution in [-0.4, -0.2) is 44.8 Å². The van der Waals surface area contributed by atoms with Crippen LogP contribution in [0.1, 0.15) is 46.7 Å². The van der Waals surface area contributed by atoms with Gasteiger partial charge >= 0.3 is 0 Å². The molecule has 5 rings (SSSR count). The van der Waals surface area contributed by atoms with Crippen LogP contribution in [0.15, 0.2) is 48.5 Å². The first-order valence-electron chi connectivity index (χ1n) is 11.3. The van der Waals surface area contributed by atoms with Crippen LogP contribution in [-0.2, 0) is 11.3 Å². The molecule has 2 atom stereocenters. The average Bonchev–Trinajstić information content (AvgIpc) is 3.72. The Bertz CT molecular complexity index is 855. The topological polar surface area (TPSA) is 53.6 Å². The van der Waals surface area contributed by atoms with Gasteiger partial charge in [-0.05, 0) is 67.1 Å². The maximum Gasteiger partial charge on any atom is 0.251 e. The van der Waals surface area contributed by atoms with E-state index in [0.29, 0.717) is 18.5 Å². The molecule has 1 saturated heterocycles. The van der Waals surface area contributed by atoms with Gasteiger partial charge in [0.15, 0.2) is 0 Å². The van der Waals surface area contributed by atoms with Crippen LogP contribution in [0.4, 0.5) is 5.69 Å². The van der Waals surface area contributed by atoms with Crippen molar-refractivity contribution in [2.45, 2.75) is 37.8 Å². The highest BCUT2D eigenvalue weighted by molar-refractivity contribution is 5.94. The molecule has 0 aromatic heterocycles. The lowest BCUT2D eigenvalue weighted by Crippen LogP contribution is -2.36. The summed E-state index contributed by atoms with van der Waals surface area (Å²) in [5, 5.41) is 6.72. The van der Waals surface area contributed by atoms with Crippen LogP contribution in [0.3, 0.4) is 0 Å². The number of anilines is 1. The number of nitrogens with zero attached hydrogens (tertiary/aromatic N) is 1. The number of benzene rings is 2. The van der Waals surface area contributed by atoms with Crippen molar-refractivity contribution in [3.63, 3.8) is 0 Å². The van der Waals surface area contributed by atoms with E-state index in [-0.39, 0.29) is 5.91 Å². The van der Waals surface area contributed by atoms with E-state index < -0.39 is 0 Å². The SMILES string of the molecule is O=C(NCc1ccc(N2CCOCC2)cc1)c1ccc([C@@H]2C[C@H]2NCC2CC2)cc1. The summed E-state index contributed by atoms with van der Waals surface area (Å²) in [7, 11) is 0. The predicted molar refractivity (Wildman–Crippen MR) is 119 cm³/mol. The molecule has 5 heteroatoms. The molecule has 3 aliphatic rings. The smallest absolute Gasteiger partial charge is 0.251 e. The number of nitrogens with one attached hydrogen (secondary N) is 2. The van der Waals surface area contributed by atoms with Crippen molar-refractivity contribution < 1.29 is 9.53 Å². The first-order valence-corrected chi connectivity index (χ1v) is 11.3. The Labute approximate surface area is 178 Å². The first kappa shape index (κ1) is 19.6. The second-order valence-corrected chi connectivity index (χ2v) is 8.87. The molecule has 2 aromatic carbocycles. The van der Waals surface area contributed by atoms with Crippen molar-refractivity contribution in [3.05, 3.63) is 65.2 Å². The largest absolute Gasteiger partial charge is 0.378 e. The van der Waals surface area contributed by atoms with Crippen molar-refractivity contribution in [3.8, 4) is 0 Å². The highest BCUT2D eigenvalue weighted by atomic mass is 16.5. The number of carbonyl (C=O) groups is 1. The van der Waals surface area contributed by atoms with Gasteiger partial charge in [0.1, 0.15) is 0 Å². The Morgan fingerprint density at radius 3 is 2.43 bits per heavy atom. The molecule has 158 valence electrons. The van der Waals surface area contributed by atoms with Gasteiger partial charge < -0.3 is 20.3 Å². The third-order valence-electron chi connectivity index (χ3n) is 6.52. The Hall–Kier alpha value is -2.37. The summed E-state index contributed by atoms with van der Waals surface area (Å²) in [6.07, 6.45) is 4.01. The molecule has 1 heterocycles. The zero-order valence-corrected chi connectivity index (χ0v) is 17.5. The number of hydrogen-bond donors (Lipinski definition) is 2. The Kier molecular flexibility index (Phi) is 5.73. The lowest BCUT2D eigenvalue weighted by molar-refractivity contribution is 0.0951. The molecule has 1 aliphatic heterocycles. The van der Waals surface area contributed by atoms with Crippen LogP contribution in [0.5, 0.6) is 0 Å². The van der Waals surface area contributed by atoms with E-state index in [4.69, 9.17) is 4.74 Å². The molecule has 0 radical (unpaired) electrons. The monoisotopic (exact) mass is 405 g/mol. The zero-order chi connectivity index (χ0) is 20.3. The number of amides is 1. The van der Waals surface area contributed by atoms with Crippen LogP contribution >= 0.6 is 0 Å². The van der Waals surface area contributed by atoms with E-state index >= 15 is 0 Å². The molecule has 2 aromatic rings. The summed E-state index contributed by atoms with van der Waals surface area (Å²) in [4.78, 5) is 14.9. The average molecular weight is 406 g/mol. The van der Waals surface area contributed by atoms with Gasteiger partial charge in [0.05, 0.1) is 13.2 Å². The minimum absolute atomic E-state index is 0.0157. The van der Waals surface area contributed by atoms with E-state index in [9.17, 15) is 4.79 Å². The number of hydrogen-bond acceptors (Lipinski definition) is 4. The Morgan fingerprint density at radius 2 is 1.73 bits per heavy atom. The fraction of sp³-hybridized carbons (Fsp3) is 0.480. The molecule has 0 bridgehead atoms. The van der Waals surface area contributed by atoms with Gasteiger partial charge in [-0.25, -0.2) is 0 Å². The lowest BCUT2D eigenvalue weighted by Gasteiger charge is -2.28. The highest BCUT2D eigenvalue weighted by Crippen LogP contribution is 2.41. The molecule has 3 fully saturated rings. The van der Waals surface area contributed by atoms with Gasteiger partial charge in [-0.3, -0.25) is 4.79 Å². The minimum atomic E-state index is -0.0157. The fourth-order valence-electron chi connectivity index (χ4n) is 4.24. The summed E-state index contributed by atoms with van der Waals surface area (Å²) in [5.74, 6) is 1.52. The molecular formula is C25H31N3O2. The Balaban J connectivity index is 1.09. The maximum atomic E-state index is 12.5. The lowest BCUT2D eigenvalue weighted by atomic mass is 10.1. The van der Waals surface area contributed by atoms with Crippen LogP contribution in [0.25, 0.3) is 0 Å². The molecule has 0 spiro atoms. The van der Waals surface area contributed by atoms with Gasteiger partial charge in [0.2, 0.25) is 0 Å². The van der Waals surface area contributed by atoms with Crippen LogP contribution < -0.4 is 15.5 Å². The van der Waals surface area contributed by atoms with Crippen molar-refractivity contribution in [1.82, 2.24) is 10.6 Å². The number of carbonyl (C=O) groups excluding carboxylic acids is 1. The summed E-state index contributed by atoms with van der Waals surface area (Å²) in [6.45, 7) is 5.16. The van der Waals surface area contributed by atoms with E-state index in [2.05, 4.69) is 51.9 Å². The second-order valence-electron chi connectivity index (χ2n) is 8.87. The van der Waals surface area contributed by atoms with Crippen LogP contribution in [0.2, 0.25) is 0 Å². The first-order chi connectivity index (χ1) is 14.8. The van der Waals surface area contributed by atoms with Gasteiger partial charge in [-0.15, -0.1) is 0 Å². The molecule has 5 nitrogen and oxygen atoms in total. The highest BCUT2D eigenvalue weighted by Gasteiger charge is 2.38. The molecule has 30 heavy (non-hydrogen) atoms. The van der Waals surface area contributed by atoms with Crippen molar-refractivity contribution in [1.29, 1.82) is 0 Å². The zero-order valence-electron chi connectivity index (χ0n) is 17.5. The van der Waals surface area contributed by atoms with Gasteiger partial charge in [-0.2, -0.15) is 0 Å². The molecule has 2 saturated carbocycles. The van der Waals surface area contributed by atoms with Crippen molar-refractivity contribution in [2.24, 2.45) is 5.92 Å². The van der Waals surface area contributed by atoms with Crippen LogP contribution in [0, 0.1) is 5.92 Å². The molecule has 1 amide bonds. The fourth-order valence-corrected chi connectivity index (χ4v) is 4.24. The summed E-state index contributed by atoms with van der Waals surface area (Å²) >= 11 is 0. The van der Waals surface area contributed by atoms with E-state index in [1.165, 1.54) is 37.1 Å². The molecule has 2 N–H and O–H groups in total. The van der Waals surface area contributed by atoms with Gasteiger partial charge in [0.25, 0.3) is 5.91 Å². The third kappa shape index (κ3) is 4.85. The number of morpholine rings is 1. The minimum Gasteiger partial charge on any atom is -0.378 e. The number of rotatable bonds is 8. The van der Waals surface area contributed by atoms with Gasteiger partial charge in [0, 0.05) is 42.8 Å². The maximum absolute atomic E-state index is 12.5. The van der Waals surface area contributed by atoms with Crippen molar-refractivity contribution >= 4 is 11.6 Å². The molecular weight excluding hydrogens is 374 g/mol. The van der Waals surface area contributed by atoms with E-state index in [1.807, 2.05) is 12.1 Å². The summed E-state index contributed by atoms with van der Waals surface area (Å²) < 4.78 is 5.41. The van der Waals surface area contributed by atoms with E-state index in [0.717, 1.165) is 43.3 Å². The predicted octanol–water partition coefficient (Wildman–Crippen LogP) is 3.31. The second kappa shape index (κ2) is 8.78. The molecule has 0 unspecified atom stereocenters. The molecule has 2 aliphatic carbocycles. The standard InChI is InChI=1S/C25H31N3O2/c29-25(27-17-19-3-9-22(10-4-19)28-11-13-30-14-12-28)21-7-5-20(6-8-21)23-15-24(23)26-16-18-1-2-18/h3-10,18,23-24,26H,1-2,11-17H2,(H,27,29)/t23-,24+/m0/s1. The summed E-state index contributed by atoms with van der Waals surface area (Å²) in [5.41, 5.74) is 4.40. The quantitative estimate of drug-likeness (QED) is 0.708. The van der Waals surface area contributed by atoms with Crippen molar-refractivity contribution in [2.75, 3.05) is 37.7 Å². The summed E-state index contributed by atoms with van der Waals surface area (Å²) in [6, 6.07) is 17.2. The normalized spacial score (nSPS) is 23.3. The Morgan fingerprint density at radius 1 is 1.00 bits per heavy atom. The number of ether oxygens (including phenoxy) is 1. The van der Waals surface area contributed by atoms with Gasteiger partial charge in [-0.1, -0.05) is 24.3 Å². The third-order valence-corrected chi connectivity index (χ3v) is 6.52. The van der Waals surface area contributed by atoms with E-state index in [1.54, 1.807) is 0 Å².